The largest absolute Gasteiger partial charge is 0.480 e. The van der Waals surface area contributed by atoms with E-state index < -0.39 is 65.8 Å². The summed E-state index contributed by atoms with van der Waals surface area (Å²) in [7, 11) is 0. The highest BCUT2D eigenvalue weighted by Crippen LogP contribution is 2.07. The minimum Gasteiger partial charge on any atom is -0.480 e. The van der Waals surface area contributed by atoms with Gasteiger partial charge < -0.3 is 43.4 Å². The van der Waals surface area contributed by atoms with Gasteiger partial charge >= 0.3 is 5.97 Å². The van der Waals surface area contributed by atoms with Crippen LogP contribution in [0.15, 0.2) is 0 Å². The Kier molecular flexibility index (Phi) is 13.4. The molecule has 0 saturated carbocycles. The Bertz CT molecular complexity index is 759. The summed E-state index contributed by atoms with van der Waals surface area (Å²) in [5, 5.41) is 26.1. The SMILES string of the molecule is CCC(C)C(N)C(=O)NC(C(=O)NC(CCC(N)=O)C(=O)NC(CCC(N)=O)C(=O)O)C(C)O. The average Bonchev–Trinajstić information content (AvgIpc) is 2.75. The topological polar surface area (TPSA) is 257 Å². The lowest BCUT2D eigenvalue weighted by atomic mass is 9.98. The molecule has 6 atom stereocenters. The van der Waals surface area contributed by atoms with Gasteiger partial charge in [0.05, 0.1) is 12.1 Å². The molecular weight excluding hydrogens is 452 g/mol. The fourth-order valence-corrected chi connectivity index (χ4v) is 2.80. The molecule has 194 valence electrons. The molecule has 34 heavy (non-hydrogen) atoms. The number of hydrogen-bond acceptors (Lipinski definition) is 8. The number of hydrogen-bond donors (Lipinski definition) is 8. The second kappa shape index (κ2) is 14.8. The molecule has 0 aromatic carbocycles. The van der Waals surface area contributed by atoms with Crippen LogP contribution in [-0.4, -0.2) is 76.0 Å². The van der Waals surface area contributed by atoms with Gasteiger partial charge in [0.1, 0.15) is 18.1 Å². The molecule has 14 heteroatoms. The summed E-state index contributed by atoms with van der Waals surface area (Å²) in [6, 6.07) is -5.36. The summed E-state index contributed by atoms with van der Waals surface area (Å²) in [4.78, 5) is 71.4. The number of aliphatic hydroxyl groups is 1. The van der Waals surface area contributed by atoms with E-state index in [0.29, 0.717) is 6.42 Å². The van der Waals surface area contributed by atoms with Gasteiger partial charge in [-0.25, -0.2) is 4.79 Å². The summed E-state index contributed by atoms with van der Waals surface area (Å²) in [5.74, 6) is -5.83. The van der Waals surface area contributed by atoms with E-state index in [0.717, 1.165) is 0 Å². The van der Waals surface area contributed by atoms with Crippen molar-refractivity contribution in [3.8, 4) is 0 Å². The predicted molar refractivity (Wildman–Crippen MR) is 119 cm³/mol. The fraction of sp³-hybridized carbons (Fsp3) is 0.700. The Balaban J connectivity index is 5.55. The van der Waals surface area contributed by atoms with E-state index in [1.54, 1.807) is 6.92 Å². The minimum absolute atomic E-state index is 0.208. The number of aliphatic carboxylic acids is 1. The normalized spacial score (nSPS) is 16.1. The van der Waals surface area contributed by atoms with Crippen molar-refractivity contribution < 1.29 is 39.0 Å². The lowest BCUT2D eigenvalue weighted by Gasteiger charge is -2.27. The average molecular weight is 489 g/mol. The lowest BCUT2D eigenvalue weighted by molar-refractivity contribution is -0.143. The number of aliphatic hydroxyl groups excluding tert-OH is 1. The Morgan fingerprint density at radius 1 is 0.794 bits per heavy atom. The van der Waals surface area contributed by atoms with Crippen LogP contribution in [0.25, 0.3) is 0 Å². The molecule has 0 aliphatic carbocycles. The molecule has 0 aliphatic rings. The fourth-order valence-electron chi connectivity index (χ4n) is 2.80. The third kappa shape index (κ3) is 11.0. The van der Waals surface area contributed by atoms with E-state index in [1.807, 2.05) is 6.92 Å². The standard InChI is InChI=1S/C20H36N6O8/c1-4-9(2)15(23)18(31)26-16(10(3)27)19(32)24-11(5-7-13(21)28)17(30)25-12(20(33)34)6-8-14(22)29/h9-12,15-16,27H,4-8,23H2,1-3H3,(H2,21,28)(H2,22,29)(H,24,32)(H,25,30)(H,26,31)(H,33,34). The molecule has 0 bridgehead atoms. The highest BCUT2D eigenvalue weighted by atomic mass is 16.4. The molecule has 0 aromatic rings. The molecule has 6 unspecified atom stereocenters. The summed E-state index contributed by atoms with van der Waals surface area (Å²) in [6.45, 7) is 4.80. The van der Waals surface area contributed by atoms with Gasteiger partial charge in [0.2, 0.25) is 29.5 Å². The van der Waals surface area contributed by atoms with Gasteiger partial charge in [-0.05, 0) is 25.7 Å². The van der Waals surface area contributed by atoms with Crippen molar-refractivity contribution in [1.29, 1.82) is 0 Å². The molecule has 0 spiro atoms. The van der Waals surface area contributed by atoms with Crippen LogP contribution in [0.4, 0.5) is 0 Å². The van der Waals surface area contributed by atoms with Crippen LogP contribution in [0.2, 0.25) is 0 Å². The molecule has 11 N–H and O–H groups in total. The third-order valence-corrected chi connectivity index (χ3v) is 5.23. The van der Waals surface area contributed by atoms with E-state index in [2.05, 4.69) is 16.0 Å². The van der Waals surface area contributed by atoms with Crippen molar-refractivity contribution in [2.24, 2.45) is 23.1 Å². The quantitative estimate of drug-likeness (QED) is 0.109. The van der Waals surface area contributed by atoms with Gasteiger partial charge in [-0.2, -0.15) is 0 Å². The zero-order valence-electron chi connectivity index (χ0n) is 19.6. The van der Waals surface area contributed by atoms with Crippen molar-refractivity contribution in [2.45, 2.75) is 83.1 Å². The maximum Gasteiger partial charge on any atom is 0.326 e. The molecule has 0 radical (unpaired) electrons. The van der Waals surface area contributed by atoms with Crippen LogP contribution < -0.4 is 33.2 Å². The molecular formula is C20H36N6O8. The van der Waals surface area contributed by atoms with Crippen LogP contribution in [0.1, 0.15) is 52.9 Å². The lowest BCUT2D eigenvalue weighted by Crippen LogP contribution is -2.60. The second-order valence-corrected chi connectivity index (χ2v) is 8.11. The molecule has 0 fully saturated rings. The molecule has 0 aliphatic heterocycles. The third-order valence-electron chi connectivity index (χ3n) is 5.23. The number of primary amides is 2. The first kappa shape index (κ1) is 30.7. The van der Waals surface area contributed by atoms with E-state index in [4.69, 9.17) is 17.2 Å². The Morgan fingerprint density at radius 2 is 1.26 bits per heavy atom. The number of nitrogens with one attached hydrogen (secondary N) is 3. The van der Waals surface area contributed by atoms with Gasteiger partial charge in [-0.3, -0.25) is 24.0 Å². The molecule has 0 saturated heterocycles. The van der Waals surface area contributed by atoms with Crippen LogP contribution in [0, 0.1) is 5.92 Å². The predicted octanol–water partition coefficient (Wildman–Crippen LogP) is -3.19. The minimum atomic E-state index is -1.49. The van der Waals surface area contributed by atoms with Crippen LogP contribution >= 0.6 is 0 Å². The van der Waals surface area contributed by atoms with Gasteiger partial charge in [0.15, 0.2) is 0 Å². The summed E-state index contributed by atoms with van der Waals surface area (Å²) < 4.78 is 0. The Hall–Kier alpha value is -3.26. The van der Waals surface area contributed by atoms with E-state index in [1.165, 1.54) is 6.92 Å². The zero-order valence-corrected chi connectivity index (χ0v) is 19.6. The number of carbonyl (C=O) groups excluding carboxylic acids is 5. The highest BCUT2D eigenvalue weighted by molar-refractivity contribution is 5.94. The van der Waals surface area contributed by atoms with Gasteiger partial charge in [0.25, 0.3) is 0 Å². The van der Waals surface area contributed by atoms with Crippen molar-refractivity contribution in [2.75, 3.05) is 0 Å². The van der Waals surface area contributed by atoms with Crippen molar-refractivity contribution in [3.05, 3.63) is 0 Å². The molecule has 5 amide bonds. The Labute approximate surface area is 197 Å². The van der Waals surface area contributed by atoms with Crippen molar-refractivity contribution >= 4 is 35.5 Å². The number of carboxylic acids is 1. The van der Waals surface area contributed by atoms with Crippen LogP contribution in [0.5, 0.6) is 0 Å². The summed E-state index contributed by atoms with van der Waals surface area (Å²) >= 11 is 0. The van der Waals surface area contributed by atoms with Crippen LogP contribution in [0.3, 0.4) is 0 Å². The first-order valence-corrected chi connectivity index (χ1v) is 10.8. The molecule has 0 heterocycles. The smallest absolute Gasteiger partial charge is 0.326 e. The van der Waals surface area contributed by atoms with Gasteiger partial charge in [-0.15, -0.1) is 0 Å². The first-order chi connectivity index (χ1) is 15.7. The van der Waals surface area contributed by atoms with Gasteiger partial charge in [0, 0.05) is 12.8 Å². The number of carboxylic acid groups (broad SMARTS) is 1. The number of nitrogens with two attached hydrogens (primary N) is 3. The number of carbonyl (C=O) groups is 6. The second-order valence-electron chi connectivity index (χ2n) is 8.11. The van der Waals surface area contributed by atoms with E-state index >= 15 is 0 Å². The molecule has 0 aromatic heterocycles. The molecule has 0 rings (SSSR count). The molecule has 14 nitrogen and oxygen atoms in total. The monoisotopic (exact) mass is 488 g/mol. The van der Waals surface area contributed by atoms with Crippen molar-refractivity contribution in [1.82, 2.24) is 16.0 Å². The van der Waals surface area contributed by atoms with Gasteiger partial charge in [-0.1, -0.05) is 20.3 Å². The summed E-state index contributed by atoms with van der Waals surface area (Å²) in [5.41, 5.74) is 16.0. The maximum absolute atomic E-state index is 12.8. The Morgan fingerprint density at radius 3 is 1.68 bits per heavy atom. The highest BCUT2D eigenvalue weighted by Gasteiger charge is 2.33. The van der Waals surface area contributed by atoms with Crippen molar-refractivity contribution in [3.63, 3.8) is 0 Å². The van der Waals surface area contributed by atoms with Crippen LogP contribution in [-0.2, 0) is 28.8 Å². The number of rotatable bonds is 16. The van der Waals surface area contributed by atoms with E-state index in [9.17, 15) is 39.0 Å². The first-order valence-electron chi connectivity index (χ1n) is 10.8. The maximum atomic E-state index is 12.8. The number of amides is 5. The summed E-state index contributed by atoms with van der Waals surface area (Å²) in [6.07, 6.45) is -2.02. The zero-order chi connectivity index (χ0) is 26.6. The van der Waals surface area contributed by atoms with E-state index in [-0.39, 0.29) is 31.6 Å².